The van der Waals surface area contributed by atoms with Gasteiger partial charge in [0.25, 0.3) is 0 Å². The second-order valence-electron chi connectivity index (χ2n) is 2.10. The number of nitrogens with zero attached hydrogens (tertiary/aromatic N) is 1. The first-order chi connectivity index (χ1) is 5.77. The average Bonchev–Trinajstić information content (AvgIpc) is 2.07. The topological polar surface area (TPSA) is 40.9 Å². The molecule has 0 N–H and O–H groups in total. The fourth-order valence-electron chi connectivity index (χ4n) is 0.790. The number of carbonyl (C=O) groups excluding carboxylic acids is 1. The zero-order chi connectivity index (χ0) is 8.97. The van der Waals surface area contributed by atoms with Crippen LogP contribution in [-0.2, 0) is 4.79 Å². The van der Waals surface area contributed by atoms with Gasteiger partial charge in [0.05, 0.1) is 0 Å². The van der Waals surface area contributed by atoms with Gasteiger partial charge < -0.3 is 1.43 Å². The standard InChI is InChI=1S/C9H4ClNO.K.H/c10-9-3-1-2-7(4-9)8(5-11)6-12;;/h1-4H;;/q;+1;-1. The van der Waals surface area contributed by atoms with Crippen LogP contribution in [0.4, 0.5) is 0 Å². The Labute approximate surface area is 125 Å². The minimum atomic E-state index is -0.0301. The third-order valence-corrected chi connectivity index (χ3v) is 1.56. The summed E-state index contributed by atoms with van der Waals surface area (Å²) in [5.74, 6) is 1.54. The van der Waals surface area contributed by atoms with Crippen molar-refractivity contribution in [3.05, 3.63) is 34.9 Å². The van der Waals surface area contributed by atoms with Gasteiger partial charge in [-0.1, -0.05) is 23.7 Å². The molecule has 0 atom stereocenters. The largest absolute Gasteiger partial charge is 1.00 e. The summed E-state index contributed by atoms with van der Waals surface area (Å²) in [7, 11) is 0. The molecule has 2 nitrogen and oxygen atoms in total. The van der Waals surface area contributed by atoms with E-state index in [0.717, 1.165) is 0 Å². The summed E-state index contributed by atoms with van der Waals surface area (Å²) >= 11 is 5.65. The van der Waals surface area contributed by atoms with Gasteiger partial charge in [0.15, 0.2) is 0 Å². The van der Waals surface area contributed by atoms with Crippen molar-refractivity contribution in [2.45, 2.75) is 0 Å². The summed E-state index contributed by atoms with van der Waals surface area (Å²) in [6, 6.07) is 8.25. The van der Waals surface area contributed by atoms with Gasteiger partial charge in [0.1, 0.15) is 17.6 Å². The molecular formula is C9H5ClKNO. The molecule has 0 unspecified atom stereocenters. The van der Waals surface area contributed by atoms with Gasteiger partial charge in [0, 0.05) is 10.6 Å². The molecule has 4 heteroatoms. The van der Waals surface area contributed by atoms with Gasteiger partial charge in [-0.25, -0.2) is 4.79 Å². The Kier molecular flexibility index (Phi) is 6.57. The van der Waals surface area contributed by atoms with Crippen LogP contribution in [0.2, 0.25) is 5.02 Å². The van der Waals surface area contributed by atoms with Gasteiger partial charge in [-0.3, -0.25) is 0 Å². The number of halogens is 1. The molecule has 0 radical (unpaired) electrons. The molecule has 0 aliphatic rings. The van der Waals surface area contributed by atoms with E-state index >= 15 is 0 Å². The predicted molar refractivity (Wildman–Crippen MR) is 47.3 cm³/mol. The van der Waals surface area contributed by atoms with Crippen molar-refractivity contribution in [3.63, 3.8) is 0 Å². The minimum Gasteiger partial charge on any atom is -1.00 e. The Bertz CT molecular complexity index is 396. The number of nitriles is 1. The molecule has 0 fully saturated rings. The van der Waals surface area contributed by atoms with Crippen LogP contribution >= 0.6 is 11.6 Å². The van der Waals surface area contributed by atoms with E-state index in [9.17, 15) is 4.79 Å². The third kappa shape index (κ3) is 3.76. The number of hydrogen-bond acceptors (Lipinski definition) is 2. The number of benzene rings is 1. The van der Waals surface area contributed by atoms with Gasteiger partial charge >= 0.3 is 51.4 Å². The molecule has 1 aromatic rings. The van der Waals surface area contributed by atoms with E-state index in [1.807, 2.05) is 0 Å². The fourth-order valence-corrected chi connectivity index (χ4v) is 0.981. The fraction of sp³-hybridized carbons (Fsp3) is 0. The Hall–Kier alpha value is 0.0864. The maximum atomic E-state index is 10.2. The van der Waals surface area contributed by atoms with Crippen molar-refractivity contribution in [1.29, 1.82) is 5.26 Å². The van der Waals surface area contributed by atoms with Crippen LogP contribution in [0.1, 0.15) is 6.99 Å². The van der Waals surface area contributed by atoms with Gasteiger partial charge in [0.2, 0.25) is 0 Å². The minimum absolute atomic E-state index is 0. The maximum absolute atomic E-state index is 10.2. The molecule has 13 heavy (non-hydrogen) atoms. The Balaban J connectivity index is 0. The average molecular weight is 218 g/mol. The molecule has 1 aromatic carbocycles. The predicted octanol–water partition coefficient (Wildman–Crippen LogP) is -0.805. The van der Waals surface area contributed by atoms with Crippen molar-refractivity contribution < 1.29 is 57.6 Å². The van der Waals surface area contributed by atoms with Crippen LogP contribution in [0.25, 0.3) is 5.57 Å². The molecule has 0 bridgehead atoms. The normalized spacial score (nSPS) is 7.69. The first-order valence-corrected chi connectivity index (χ1v) is 3.57. The van der Waals surface area contributed by atoms with E-state index in [1.54, 1.807) is 36.3 Å². The molecule has 0 saturated carbocycles. The summed E-state index contributed by atoms with van der Waals surface area (Å²) in [5.41, 5.74) is 0.470. The van der Waals surface area contributed by atoms with E-state index in [1.165, 1.54) is 0 Å². The van der Waals surface area contributed by atoms with Gasteiger partial charge in [-0.15, -0.1) is 0 Å². The molecule has 0 aliphatic heterocycles. The van der Waals surface area contributed by atoms with Gasteiger partial charge in [-0.05, 0) is 12.1 Å². The molecule has 60 valence electrons. The third-order valence-electron chi connectivity index (χ3n) is 1.33. The van der Waals surface area contributed by atoms with Crippen LogP contribution < -0.4 is 51.4 Å². The van der Waals surface area contributed by atoms with Gasteiger partial charge in [-0.2, -0.15) is 5.26 Å². The van der Waals surface area contributed by atoms with Crippen molar-refractivity contribution >= 4 is 23.1 Å². The van der Waals surface area contributed by atoms with Crippen LogP contribution in [0, 0.1) is 11.3 Å². The monoisotopic (exact) mass is 217 g/mol. The van der Waals surface area contributed by atoms with E-state index in [2.05, 4.69) is 0 Å². The second kappa shape index (κ2) is 6.53. The maximum Gasteiger partial charge on any atom is 1.00 e. The van der Waals surface area contributed by atoms with Crippen LogP contribution in [0.3, 0.4) is 0 Å². The Morgan fingerprint density at radius 1 is 1.54 bits per heavy atom. The molecule has 0 heterocycles. The molecule has 1 rings (SSSR count). The molecule has 0 spiro atoms. The summed E-state index contributed by atoms with van der Waals surface area (Å²) in [5, 5.41) is 8.97. The zero-order valence-corrected chi connectivity index (χ0v) is 10.9. The second-order valence-corrected chi connectivity index (χ2v) is 2.54. The van der Waals surface area contributed by atoms with Crippen LogP contribution in [0.5, 0.6) is 0 Å². The molecule has 0 saturated heterocycles. The van der Waals surface area contributed by atoms with E-state index in [-0.39, 0.29) is 58.4 Å². The molecular weight excluding hydrogens is 213 g/mol. The number of rotatable bonds is 1. The summed E-state index contributed by atoms with van der Waals surface area (Å²) in [6.45, 7) is 0. The van der Waals surface area contributed by atoms with Crippen molar-refractivity contribution in [1.82, 2.24) is 0 Å². The van der Waals surface area contributed by atoms with E-state index < -0.39 is 0 Å². The Morgan fingerprint density at radius 2 is 2.23 bits per heavy atom. The summed E-state index contributed by atoms with van der Waals surface area (Å²) in [4.78, 5) is 10.2. The first-order valence-electron chi connectivity index (χ1n) is 3.19. The zero-order valence-electron chi connectivity index (χ0n) is 8.04. The van der Waals surface area contributed by atoms with Crippen LogP contribution in [-0.4, -0.2) is 5.94 Å². The molecule has 0 amide bonds. The SMILES string of the molecule is N#CC(=C=O)c1cccc(Cl)c1.[H-].[K+]. The first kappa shape index (κ1) is 13.1. The quantitative estimate of drug-likeness (QED) is 0.351. The van der Waals surface area contributed by atoms with Crippen molar-refractivity contribution in [2.75, 3.05) is 0 Å². The summed E-state index contributed by atoms with van der Waals surface area (Å²) in [6.07, 6.45) is 0. The van der Waals surface area contributed by atoms with E-state index in [4.69, 9.17) is 16.9 Å². The van der Waals surface area contributed by atoms with Crippen LogP contribution in [0.15, 0.2) is 24.3 Å². The summed E-state index contributed by atoms with van der Waals surface area (Å²) < 4.78 is 0. The number of allylic oxidation sites excluding steroid dienone is 1. The van der Waals surface area contributed by atoms with E-state index in [0.29, 0.717) is 10.6 Å². The molecule has 0 aromatic heterocycles. The molecule has 0 aliphatic carbocycles. The number of hydrogen-bond donors (Lipinski definition) is 0. The smallest absolute Gasteiger partial charge is 1.00 e. The van der Waals surface area contributed by atoms with Crippen molar-refractivity contribution in [2.24, 2.45) is 0 Å². The van der Waals surface area contributed by atoms with Crippen molar-refractivity contribution in [3.8, 4) is 6.07 Å². The Morgan fingerprint density at radius 3 is 2.69 bits per heavy atom.